The molecular weight excluding hydrogens is 356 g/mol. The lowest BCUT2D eigenvalue weighted by atomic mass is 10.1. The van der Waals surface area contributed by atoms with Gasteiger partial charge in [0.05, 0.1) is 11.9 Å². The quantitative estimate of drug-likeness (QED) is 0.400. The fourth-order valence-corrected chi connectivity index (χ4v) is 3.77. The Morgan fingerprint density at radius 1 is 1.11 bits per heavy atom. The molecule has 0 aliphatic heterocycles. The van der Waals surface area contributed by atoms with Gasteiger partial charge in [-0.25, -0.2) is 5.43 Å². The van der Waals surface area contributed by atoms with Gasteiger partial charge in [0.25, 0.3) is 5.91 Å². The Morgan fingerprint density at radius 2 is 1.74 bits per heavy atom. The molecule has 1 amide bonds. The van der Waals surface area contributed by atoms with E-state index in [1.807, 2.05) is 81.6 Å². The van der Waals surface area contributed by atoms with Gasteiger partial charge in [-0.2, -0.15) is 10.2 Å². The first-order valence-corrected chi connectivity index (χ1v) is 9.54. The van der Waals surface area contributed by atoms with Crippen LogP contribution in [0.4, 0.5) is 0 Å². The van der Waals surface area contributed by atoms with E-state index in [1.165, 1.54) is 11.8 Å². The summed E-state index contributed by atoms with van der Waals surface area (Å²) >= 11 is 1.50. The molecule has 3 rings (SSSR count). The molecule has 27 heavy (non-hydrogen) atoms. The first-order valence-electron chi connectivity index (χ1n) is 8.66. The van der Waals surface area contributed by atoms with Gasteiger partial charge in [-0.05, 0) is 31.5 Å². The molecule has 5 nitrogen and oxygen atoms in total. The number of thioether (sulfide) groups is 1. The largest absolute Gasteiger partial charge is 0.272 e. The first kappa shape index (κ1) is 18.9. The third-order valence-corrected chi connectivity index (χ3v) is 5.54. The number of nitrogens with one attached hydrogen (secondary N) is 1. The van der Waals surface area contributed by atoms with Gasteiger partial charge in [0.1, 0.15) is 5.25 Å². The van der Waals surface area contributed by atoms with Gasteiger partial charge in [-0.15, -0.1) is 11.8 Å². The molecule has 0 fully saturated rings. The third-order valence-electron chi connectivity index (χ3n) is 4.27. The van der Waals surface area contributed by atoms with E-state index in [4.69, 9.17) is 0 Å². The maximum atomic E-state index is 12.8. The van der Waals surface area contributed by atoms with Gasteiger partial charge >= 0.3 is 0 Å². The van der Waals surface area contributed by atoms with Crippen LogP contribution in [0.3, 0.4) is 0 Å². The lowest BCUT2D eigenvalue weighted by Crippen LogP contribution is -2.23. The maximum absolute atomic E-state index is 12.8. The number of amides is 1. The zero-order valence-electron chi connectivity index (χ0n) is 15.6. The van der Waals surface area contributed by atoms with Crippen LogP contribution in [0.2, 0.25) is 0 Å². The van der Waals surface area contributed by atoms with Crippen LogP contribution in [0.25, 0.3) is 0 Å². The molecule has 0 spiro atoms. The van der Waals surface area contributed by atoms with Crippen LogP contribution in [0.5, 0.6) is 0 Å². The Bertz CT molecular complexity index is 936. The number of aromatic nitrogens is 2. The second kappa shape index (κ2) is 8.68. The second-order valence-corrected chi connectivity index (χ2v) is 7.34. The summed E-state index contributed by atoms with van der Waals surface area (Å²) in [5.41, 5.74) is 6.43. The van der Waals surface area contributed by atoms with Crippen molar-refractivity contribution in [1.82, 2.24) is 15.2 Å². The Morgan fingerprint density at radius 3 is 2.33 bits per heavy atom. The molecule has 0 aliphatic rings. The highest BCUT2D eigenvalue weighted by Gasteiger charge is 2.21. The molecule has 3 aromatic rings. The Hall–Kier alpha value is -2.86. The van der Waals surface area contributed by atoms with Crippen molar-refractivity contribution in [3.8, 4) is 0 Å². The highest BCUT2D eigenvalue weighted by molar-refractivity contribution is 8.00. The van der Waals surface area contributed by atoms with Gasteiger partial charge in [-0.3, -0.25) is 9.48 Å². The monoisotopic (exact) mass is 378 g/mol. The molecule has 1 N–H and O–H groups in total. The number of hydrazone groups is 1. The zero-order valence-corrected chi connectivity index (χ0v) is 16.4. The standard InChI is InChI=1S/C21H22N4OS/c1-15-19(16(2)25(3)24-15)14-22-23-21(26)20(17-10-6-4-7-11-17)27-18-12-8-5-9-13-18/h4-14,20H,1-3H3,(H,23,26)/b22-14-/t20-/m0/s1. The molecule has 1 aromatic heterocycles. The normalized spacial score (nSPS) is 12.3. The molecule has 0 bridgehead atoms. The Kier molecular flexibility index (Phi) is 6.08. The fraction of sp³-hybridized carbons (Fsp3) is 0.190. The number of carbonyl (C=O) groups excluding carboxylic acids is 1. The summed E-state index contributed by atoms with van der Waals surface area (Å²) in [6, 6.07) is 19.6. The van der Waals surface area contributed by atoms with Crippen molar-refractivity contribution >= 4 is 23.9 Å². The van der Waals surface area contributed by atoms with E-state index in [-0.39, 0.29) is 11.2 Å². The lowest BCUT2D eigenvalue weighted by molar-refractivity contribution is -0.120. The molecule has 138 valence electrons. The number of hydrogen-bond donors (Lipinski definition) is 1. The van der Waals surface area contributed by atoms with E-state index in [1.54, 1.807) is 10.9 Å². The average Bonchev–Trinajstić information content (AvgIpc) is 2.93. The summed E-state index contributed by atoms with van der Waals surface area (Å²) in [6.45, 7) is 3.90. The molecule has 1 atom stereocenters. The molecule has 0 saturated heterocycles. The lowest BCUT2D eigenvalue weighted by Gasteiger charge is -2.15. The van der Waals surface area contributed by atoms with Gasteiger partial charge < -0.3 is 0 Å². The van der Waals surface area contributed by atoms with Crippen LogP contribution in [0.1, 0.15) is 27.8 Å². The van der Waals surface area contributed by atoms with E-state index in [0.717, 1.165) is 27.4 Å². The molecule has 1 heterocycles. The van der Waals surface area contributed by atoms with E-state index in [9.17, 15) is 4.79 Å². The number of rotatable bonds is 6. The van der Waals surface area contributed by atoms with Crippen LogP contribution < -0.4 is 5.43 Å². The number of hydrogen-bond acceptors (Lipinski definition) is 4. The predicted octanol–water partition coefficient (Wildman–Crippen LogP) is 4.02. The summed E-state index contributed by atoms with van der Waals surface area (Å²) in [6.07, 6.45) is 1.66. The molecule has 0 unspecified atom stereocenters. The Balaban J connectivity index is 1.77. The highest BCUT2D eigenvalue weighted by Crippen LogP contribution is 2.35. The van der Waals surface area contributed by atoms with Crippen molar-refractivity contribution in [2.45, 2.75) is 24.0 Å². The van der Waals surface area contributed by atoms with E-state index < -0.39 is 0 Å². The summed E-state index contributed by atoms with van der Waals surface area (Å²) in [5.74, 6) is -0.162. The number of carbonyl (C=O) groups is 1. The minimum atomic E-state index is -0.387. The molecular formula is C21H22N4OS. The van der Waals surface area contributed by atoms with E-state index in [0.29, 0.717) is 0 Å². The van der Waals surface area contributed by atoms with Crippen molar-refractivity contribution in [1.29, 1.82) is 0 Å². The third kappa shape index (κ3) is 4.65. The second-order valence-electron chi connectivity index (χ2n) is 6.16. The van der Waals surface area contributed by atoms with Crippen LogP contribution in [-0.4, -0.2) is 21.9 Å². The van der Waals surface area contributed by atoms with Crippen molar-refractivity contribution in [2.24, 2.45) is 12.1 Å². The van der Waals surface area contributed by atoms with Crippen LogP contribution >= 0.6 is 11.8 Å². The maximum Gasteiger partial charge on any atom is 0.258 e. The molecule has 0 aliphatic carbocycles. The van der Waals surface area contributed by atoms with E-state index in [2.05, 4.69) is 15.6 Å². The molecule has 2 aromatic carbocycles. The number of benzene rings is 2. The van der Waals surface area contributed by atoms with Gasteiger partial charge in [0.2, 0.25) is 0 Å². The van der Waals surface area contributed by atoms with Gasteiger partial charge in [0.15, 0.2) is 0 Å². The van der Waals surface area contributed by atoms with Crippen molar-refractivity contribution in [3.05, 3.63) is 83.2 Å². The van der Waals surface area contributed by atoms with Crippen molar-refractivity contribution in [3.63, 3.8) is 0 Å². The predicted molar refractivity (Wildman–Crippen MR) is 110 cm³/mol. The summed E-state index contributed by atoms with van der Waals surface area (Å²) < 4.78 is 1.80. The van der Waals surface area contributed by atoms with E-state index >= 15 is 0 Å². The SMILES string of the molecule is Cc1nn(C)c(C)c1/C=N\NC(=O)[C@@H](Sc1ccccc1)c1ccccc1. The Labute approximate surface area is 163 Å². The minimum absolute atomic E-state index is 0.162. The van der Waals surface area contributed by atoms with Crippen molar-refractivity contribution in [2.75, 3.05) is 0 Å². The molecule has 0 saturated carbocycles. The number of nitrogens with zero attached hydrogens (tertiary/aromatic N) is 3. The smallest absolute Gasteiger partial charge is 0.258 e. The van der Waals surface area contributed by atoms with Gasteiger partial charge in [-0.1, -0.05) is 48.5 Å². The fourth-order valence-electron chi connectivity index (χ4n) is 2.73. The summed E-state index contributed by atoms with van der Waals surface area (Å²) in [7, 11) is 1.89. The first-order chi connectivity index (χ1) is 13.1. The van der Waals surface area contributed by atoms with Crippen LogP contribution in [0.15, 0.2) is 70.7 Å². The summed E-state index contributed by atoms with van der Waals surface area (Å²) in [4.78, 5) is 13.9. The number of aryl methyl sites for hydroxylation is 2. The van der Waals surface area contributed by atoms with Crippen molar-refractivity contribution < 1.29 is 4.79 Å². The summed E-state index contributed by atoms with van der Waals surface area (Å²) in [5, 5.41) is 8.14. The van der Waals surface area contributed by atoms with Crippen LogP contribution in [0, 0.1) is 13.8 Å². The average molecular weight is 379 g/mol. The molecule has 6 heteroatoms. The minimum Gasteiger partial charge on any atom is -0.272 e. The van der Waals surface area contributed by atoms with Gasteiger partial charge in [0, 0.05) is 23.2 Å². The highest BCUT2D eigenvalue weighted by atomic mass is 32.2. The zero-order chi connectivity index (χ0) is 19.2. The van der Waals surface area contributed by atoms with Crippen LogP contribution in [-0.2, 0) is 11.8 Å². The molecule has 0 radical (unpaired) electrons. The topological polar surface area (TPSA) is 59.3 Å².